The fourth-order valence-corrected chi connectivity index (χ4v) is 1.64. The molecule has 1 aromatic rings. The Balaban J connectivity index is 2.65. The molecule has 1 rings (SSSR count). The van der Waals surface area contributed by atoms with Gasteiger partial charge in [-0.25, -0.2) is 8.42 Å². The molecule has 0 fully saturated rings. The summed E-state index contributed by atoms with van der Waals surface area (Å²) in [5, 5.41) is 9.46. The average molecular weight is 244 g/mol. The first-order valence-corrected chi connectivity index (χ1v) is 6.66. The number of phenols is 1. The van der Waals surface area contributed by atoms with E-state index >= 15 is 0 Å². The molecule has 0 amide bonds. The summed E-state index contributed by atoms with van der Waals surface area (Å²) in [6.07, 6.45) is 1.52. The van der Waals surface area contributed by atoms with E-state index in [-0.39, 0.29) is 12.3 Å². The van der Waals surface area contributed by atoms with Crippen molar-refractivity contribution in [1.82, 2.24) is 4.41 Å². The highest BCUT2D eigenvalue weighted by molar-refractivity contribution is 7.88. The SMILES string of the molecule is Cc1ccc(CCN(N)S(C)(=O)=O)cc1O. The van der Waals surface area contributed by atoms with Crippen LogP contribution in [-0.2, 0) is 16.4 Å². The third kappa shape index (κ3) is 3.48. The number of hydrogen-bond acceptors (Lipinski definition) is 4. The number of nitrogens with zero attached hydrogens (tertiary/aromatic N) is 1. The summed E-state index contributed by atoms with van der Waals surface area (Å²) in [6, 6.07) is 5.24. The van der Waals surface area contributed by atoms with Crippen molar-refractivity contribution < 1.29 is 13.5 Å². The Morgan fingerprint density at radius 1 is 1.44 bits per heavy atom. The fraction of sp³-hybridized carbons (Fsp3) is 0.400. The lowest BCUT2D eigenvalue weighted by atomic mass is 10.1. The molecule has 0 aliphatic carbocycles. The topological polar surface area (TPSA) is 83.6 Å². The molecule has 0 saturated carbocycles. The summed E-state index contributed by atoms with van der Waals surface area (Å²) in [5.74, 6) is 5.56. The van der Waals surface area contributed by atoms with E-state index in [2.05, 4.69) is 0 Å². The van der Waals surface area contributed by atoms with Crippen molar-refractivity contribution in [3.05, 3.63) is 29.3 Å². The largest absolute Gasteiger partial charge is 0.508 e. The lowest BCUT2D eigenvalue weighted by Crippen LogP contribution is -2.38. The van der Waals surface area contributed by atoms with Crippen molar-refractivity contribution in [2.75, 3.05) is 12.8 Å². The van der Waals surface area contributed by atoms with Crippen LogP contribution in [0.3, 0.4) is 0 Å². The van der Waals surface area contributed by atoms with Crippen LogP contribution in [0.4, 0.5) is 0 Å². The standard InChI is InChI=1S/C10H16N2O3S/c1-8-3-4-9(7-10(8)13)5-6-12(11)16(2,14)15/h3-4,7,13H,5-6,11H2,1-2H3. The van der Waals surface area contributed by atoms with Gasteiger partial charge in [0.2, 0.25) is 10.0 Å². The van der Waals surface area contributed by atoms with Gasteiger partial charge in [0.25, 0.3) is 0 Å². The summed E-state index contributed by atoms with van der Waals surface area (Å²) in [6.45, 7) is 1.99. The highest BCUT2D eigenvalue weighted by atomic mass is 32.2. The van der Waals surface area contributed by atoms with Crippen molar-refractivity contribution in [2.24, 2.45) is 5.84 Å². The predicted molar refractivity (Wildman–Crippen MR) is 62.3 cm³/mol. The van der Waals surface area contributed by atoms with E-state index in [4.69, 9.17) is 5.84 Å². The molecule has 0 saturated heterocycles. The molecule has 0 unspecified atom stereocenters. The van der Waals surface area contributed by atoms with Gasteiger partial charge in [-0.2, -0.15) is 0 Å². The minimum Gasteiger partial charge on any atom is -0.508 e. The zero-order chi connectivity index (χ0) is 12.3. The molecule has 0 aromatic heterocycles. The van der Waals surface area contributed by atoms with Crippen LogP contribution in [0.1, 0.15) is 11.1 Å². The third-order valence-electron chi connectivity index (χ3n) is 2.32. The van der Waals surface area contributed by atoms with Gasteiger partial charge in [-0.3, -0.25) is 5.84 Å². The quantitative estimate of drug-likeness (QED) is 0.592. The minimum absolute atomic E-state index is 0.196. The lowest BCUT2D eigenvalue weighted by molar-refractivity contribution is 0.433. The van der Waals surface area contributed by atoms with Crippen LogP contribution in [-0.4, -0.2) is 30.7 Å². The molecule has 3 N–H and O–H groups in total. The Labute approximate surface area is 95.5 Å². The van der Waals surface area contributed by atoms with E-state index in [1.54, 1.807) is 19.1 Å². The number of rotatable bonds is 4. The zero-order valence-electron chi connectivity index (χ0n) is 9.34. The minimum atomic E-state index is -3.34. The number of sulfonamides is 1. The first-order valence-electron chi connectivity index (χ1n) is 4.81. The van der Waals surface area contributed by atoms with Crippen molar-refractivity contribution in [3.63, 3.8) is 0 Å². The number of hydrogen-bond donors (Lipinski definition) is 2. The second kappa shape index (κ2) is 4.82. The third-order valence-corrected chi connectivity index (χ3v) is 3.35. The van der Waals surface area contributed by atoms with Gasteiger partial charge in [0.15, 0.2) is 0 Å². The second-order valence-electron chi connectivity index (χ2n) is 3.74. The van der Waals surface area contributed by atoms with Gasteiger partial charge in [0, 0.05) is 6.54 Å². The highest BCUT2D eigenvalue weighted by Crippen LogP contribution is 2.17. The molecule has 6 heteroatoms. The van der Waals surface area contributed by atoms with E-state index < -0.39 is 10.0 Å². The fourth-order valence-electron chi connectivity index (χ4n) is 1.22. The molecule has 1 aromatic carbocycles. The second-order valence-corrected chi connectivity index (χ2v) is 5.68. The van der Waals surface area contributed by atoms with E-state index in [0.29, 0.717) is 6.42 Å². The Kier molecular flexibility index (Phi) is 3.90. The van der Waals surface area contributed by atoms with Gasteiger partial charge < -0.3 is 5.11 Å². The first kappa shape index (κ1) is 13.0. The molecule has 0 heterocycles. The van der Waals surface area contributed by atoms with E-state index in [9.17, 15) is 13.5 Å². The van der Waals surface area contributed by atoms with Crippen molar-refractivity contribution in [2.45, 2.75) is 13.3 Å². The molecule has 0 aliphatic heterocycles. The van der Waals surface area contributed by atoms with Crippen molar-refractivity contribution in [3.8, 4) is 5.75 Å². The number of aryl methyl sites for hydroxylation is 1. The monoisotopic (exact) mass is 244 g/mol. The van der Waals surface area contributed by atoms with Gasteiger partial charge in [0.1, 0.15) is 5.75 Å². The van der Waals surface area contributed by atoms with Crippen LogP contribution in [0, 0.1) is 6.92 Å². The molecule has 16 heavy (non-hydrogen) atoms. The molecular formula is C10H16N2O3S. The summed E-state index contributed by atoms with van der Waals surface area (Å²) >= 11 is 0. The van der Waals surface area contributed by atoms with Gasteiger partial charge >= 0.3 is 0 Å². The molecule has 0 spiro atoms. The molecule has 0 atom stereocenters. The van der Waals surface area contributed by atoms with E-state index in [1.165, 1.54) is 0 Å². The summed E-state index contributed by atoms with van der Waals surface area (Å²) in [5.41, 5.74) is 1.64. The lowest BCUT2D eigenvalue weighted by Gasteiger charge is -2.13. The molecule has 0 aliphatic rings. The van der Waals surface area contributed by atoms with Crippen LogP contribution in [0.5, 0.6) is 5.75 Å². The number of hydrazine groups is 1. The summed E-state index contributed by atoms with van der Waals surface area (Å²) < 4.78 is 22.8. The number of aromatic hydroxyl groups is 1. The maximum atomic E-state index is 11.0. The summed E-state index contributed by atoms with van der Waals surface area (Å²) in [4.78, 5) is 0. The van der Waals surface area contributed by atoms with Crippen LogP contribution in [0.2, 0.25) is 0 Å². The molecule has 5 nitrogen and oxygen atoms in total. The average Bonchev–Trinajstić information content (AvgIpc) is 2.18. The molecule has 90 valence electrons. The van der Waals surface area contributed by atoms with Gasteiger partial charge in [0.05, 0.1) is 6.26 Å². The van der Waals surface area contributed by atoms with Crippen LogP contribution in [0.15, 0.2) is 18.2 Å². The van der Waals surface area contributed by atoms with Crippen LogP contribution < -0.4 is 5.84 Å². The van der Waals surface area contributed by atoms with Gasteiger partial charge in [-0.15, -0.1) is 4.41 Å². The molecule has 0 bridgehead atoms. The van der Waals surface area contributed by atoms with E-state index in [0.717, 1.165) is 21.8 Å². The maximum Gasteiger partial charge on any atom is 0.223 e. The maximum absolute atomic E-state index is 11.0. The van der Waals surface area contributed by atoms with Gasteiger partial charge in [-0.05, 0) is 30.5 Å². The smallest absolute Gasteiger partial charge is 0.223 e. The normalized spacial score (nSPS) is 12.0. The van der Waals surface area contributed by atoms with Gasteiger partial charge in [-0.1, -0.05) is 12.1 Å². The number of benzene rings is 1. The molecule has 0 radical (unpaired) electrons. The summed E-state index contributed by atoms with van der Waals surface area (Å²) in [7, 11) is -3.34. The Morgan fingerprint density at radius 3 is 2.56 bits per heavy atom. The van der Waals surface area contributed by atoms with Crippen molar-refractivity contribution in [1.29, 1.82) is 0 Å². The van der Waals surface area contributed by atoms with Crippen LogP contribution in [0.25, 0.3) is 0 Å². The van der Waals surface area contributed by atoms with Crippen molar-refractivity contribution >= 4 is 10.0 Å². The first-order chi connectivity index (χ1) is 7.30. The Hall–Kier alpha value is -1.11. The zero-order valence-corrected chi connectivity index (χ0v) is 10.2. The molecular weight excluding hydrogens is 228 g/mol. The highest BCUT2D eigenvalue weighted by Gasteiger charge is 2.11. The number of nitrogens with two attached hydrogens (primary N) is 1. The number of phenolic OH excluding ortho intramolecular Hbond substituents is 1. The Bertz CT molecular complexity index is 471. The van der Waals surface area contributed by atoms with Crippen LogP contribution >= 0.6 is 0 Å². The predicted octanol–water partition coefficient (Wildman–Crippen LogP) is 0.378. The Morgan fingerprint density at radius 2 is 2.06 bits per heavy atom. The van der Waals surface area contributed by atoms with E-state index in [1.807, 2.05) is 6.07 Å².